The van der Waals surface area contributed by atoms with E-state index < -0.39 is 0 Å². The van der Waals surface area contributed by atoms with E-state index in [2.05, 4.69) is 23.6 Å². The minimum absolute atomic E-state index is 0.0119. The second-order valence-electron chi connectivity index (χ2n) is 9.31. The van der Waals surface area contributed by atoms with Gasteiger partial charge >= 0.3 is 0 Å². The normalized spacial score (nSPS) is 21.0. The molecule has 1 aliphatic carbocycles. The summed E-state index contributed by atoms with van der Waals surface area (Å²) < 4.78 is 12.7. The molecule has 0 spiro atoms. The van der Waals surface area contributed by atoms with Crippen molar-refractivity contribution < 1.29 is 14.3 Å². The lowest BCUT2D eigenvalue weighted by Crippen LogP contribution is -2.41. The van der Waals surface area contributed by atoms with Crippen molar-refractivity contribution in [2.45, 2.75) is 64.8 Å². The highest BCUT2D eigenvalue weighted by Gasteiger charge is 2.34. The van der Waals surface area contributed by atoms with Crippen LogP contribution in [0.1, 0.15) is 68.3 Å². The van der Waals surface area contributed by atoms with Gasteiger partial charge in [0.2, 0.25) is 5.78 Å². The minimum Gasteiger partial charge on any atom is -0.475 e. The fourth-order valence-electron chi connectivity index (χ4n) is 5.38. The number of hydrogen-bond donors (Lipinski definition) is 0. The van der Waals surface area contributed by atoms with Gasteiger partial charge in [-0.2, -0.15) is 0 Å². The van der Waals surface area contributed by atoms with Gasteiger partial charge in [0, 0.05) is 26.2 Å². The molecule has 2 saturated heterocycles. The Morgan fingerprint density at radius 1 is 0.656 bits per heavy atom. The standard InChI is InChI=1S/C27H34N2O3/c1-19(28-15-5-3-6-16-28)31-23-13-9-11-21-22-12-10-14-24(26(22)27(30)25(21)23)32-20(2)29-17-7-4-8-18-29/h9-14,19-20H,3-8,15-18H2,1-2H3. The molecule has 5 rings (SSSR count). The summed E-state index contributed by atoms with van der Waals surface area (Å²) in [5.41, 5.74) is 3.25. The Kier molecular flexibility index (Phi) is 6.20. The fourth-order valence-corrected chi connectivity index (χ4v) is 5.38. The second kappa shape index (κ2) is 9.24. The zero-order chi connectivity index (χ0) is 22.1. The van der Waals surface area contributed by atoms with Crippen LogP contribution in [0.3, 0.4) is 0 Å². The van der Waals surface area contributed by atoms with Crippen LogP contribution in [0.5, 0.6) is 11.5 Å². The number of carbonyl (C=O) groups excluding carboxylic acids is 1. The zero-order valence-electron chi connectivity index (χ0n) is 19.3. The molecule has 170 valence electrons. The first-order valence-electron chi connectivity index (χ1n) is 12.3. The zero-order valence-corrected chi connectivity index (χ0v) is 19.3. The predicted octanol–water partition coefficient (Wildman–Crippen LogP) is 5.32. The number of ketones is 1. The summed E-state index contributed by atoms with van der Waals surface area (Å²) in [6.07, 6.45) is 7.32. The van der Waals surface area contributed by atoms with Gasteiger partial charge in [0.25, 0.3) is 0 Å². The molecule has 32 heavy (non-hydrogen) atoms. The average Bonchev–Trinajstić information content (AvgIpc) is 3.14. The Morgan fingerprint density at radius 2 is 1.06 bits per heavy atom. The lowest BCUT2D eigenvalue weighted by molar-refractivity contribution is 0.0252. The van der Waals surface area contributed by atoms with Crippen molar-refractivity contribution in [1.29, 1.82) is 0 Å². The molecule has 2 heterocycles. The quantitative estimate of drug-likeness (QED) is 0.525. The van der Waals surface area contributed by atoms with Gasteiger partial charge < -0.3 is 9.47 Å². The van der Waals surface area contributed by atoms with Crippen LogP contribution in [0.4, 0.5) is 0 Å². The fraction of sp³-hybridized carbons (Fsp3) is 0.519. The summed E-state index contributed by atoms with van der Waals surface area (Å²) in [6.45, 7) is 8.39. The molecule has 2 unspecified atom stereocenters. The number of nitrogens with zero attached hydrogens (tertiary/aromatic N) is 2. The van der Waals surface area contributed by atoms with Crippen molar-refractivity contribution in [2.75, 3.05) is 26.2 Å². The molecule has 2 aromatic carbocycles. The van der Waals surface area contributed by atoms with Gasteiger partial charge in [0.05, 0.1) is 11.1 Å². The van der Waals surface area contributed by atoms with E-state index in [1.54, 1.807) is 0 Å². The van der Waals surface area contributed by atoms with Crippen molar-refractivity contribution >= 4 is 5.78 Å². The Morgan fingerprint density at radius 3 is 1.47 bits per heavy atom. The molecule has 2 atom stereocenters. The first-order chi connectivity index (χ1) is 15.6. The van der Waals surface area contributed by atoms with E-state index in [0.29, 0.717) is 22.6 Å². The number of piperidine rings is 2. The van der Waals surface area contributed by atoms with Crippen LogP contribution in [0.15, 0.2) is 36.4 Å². The van der Waals surface area contributed by atoms with Crippen molar-refractivity contribution in [2.24, 2.45) is 0 Å². The monoisotopic (exact) mass is 434 g/mol. The van der Waals surface area contributed by atoms with E-state index in [9.17, 15) is 4.79 Å². The highest BCUT2D eigenvalue weighted by molar-refractivity contribution is 6.24. The summed E-state index contributed by atoms with van der Waals surface area (Å²) in [6, 6.07) is 11.9. The molecule has 0 aromatic heterocycles. The van der Waals surface area contributed by atoms with Gasteiger partial charge in [-0.15, -0.1) is 0 Å². The van der Waals surface area contributed by atoms with E-state index in [4.69, 9.17) is 9.47 Å². The summed E-state index contributed by atoms with van der Waals surface area (Å²) in [4.78, 5) is 18.4. The van der Waals surface area contributed by atoms with E-state index >= 15 is 0 Å². The van der Waals surface area contributed by atoms with Gasteiger partial charge in [-0.05, 0) is 62.8 Å². The van der Waals surface area contributed by atoms with Crippen LogP contribution >= 0.6 is 0 Å². The second-order valence-corrected chi connectivity index (χ2v) is 9.31. The third-order valence-corrected chi connectivity index (χ3v) is 7.20. The molecular weight excluding hydrogens is 400 g/mol. The number of ether oxygens (including phenoxy) is 2. The third-order valence-electron chi connectivity index (χ3n) is 7.20. The molecule has 2 aliphatic heterocycles. The van der Waals surface area contributed by atoms with Crippen LogP contribution in [0.25, 0.3) is 11.1 Å². The maximum absolute atomic E-state index is 13.7. The number of hydrogen-bond acceptors (Lipinski definition) is 5. The summed E-state index contributed by atoms with van der Waals surface area (Å²) >= 11 is 0. The van der Waals surface area contributed by atoms with Gasteiger partial charge in [0.1, 0.15) is 24.0 Å². The predicted molar refractivity (Wildman–Crippen MR) is 126 cm³/mol. The first kappa shape index (κ1) is 21.5. The van der Waals surface area contributed by atoms with Gasteiger partial charge in [-0.3, -0.25) is 14.6 Å². The van der Waals surface area contributed by atoms with Gasteiger partial charge in [0.15, 0.2) is 0 Å². The highest BCUT2D eigenvalue weighted by Crippen LogP contribution is 2.45. The summed E-state index contributed by atoms with van der Waals surface area (Å²) in [5, 5.41) is 0. The van der Waals surface area contributed by atoms with Crippen LogP contribution in [-0.4, -0.2) is 54.2 Å². The minimum atomic E-state index is -0.0480. The summed E-state index contributed by atoms with van der Waals surface area (Å²) in [7, 11) is 0. The summed E-state index contributed by atoms with van der Waals surface area (Å²) in [5.74, 6) is 1.37. The van der Waals surface area contributed by atoms with Gasteiger partial charge in [-0.1, -0.05) is 37.1 Å². The van der Waals surface area contributed by atoms with E-state index in [1.807, 2.05) is 36.4 Å². The molecule has 0 amide bonds. The van der Waals surface area contributed by atoms with Crippen molar-refractivity contribution in [3.8, 4) is 22.6 Å². The van der Waals surface area contributed by atoms with E-state index in [0.717, 1.165) is 37.3 Å². The molecular formula is C27H34N2O3. The van der Waals surface area contributed by atoms with Crippen molar-refractivity contribution in [1.82, 2.24) is 9.80 Å². The van der Waals surface area contributed by atoms with E-state index in [-0.39, 0.29) is 18.2 Å². The Bertz CT molecular complexity index is 899. The molecule has 2 fully saturated rings. The molecule has 0 saturated carbocycles. The molecule has 0 bridgehead atoms. The van der Waals surface area contributed by atoms with Crippen LogP contribution < -0.4 is 9.47 Å². The molecule has 5 heteroatoms. The lowest BCUT2D eigenvalue weighted by Gasteiger charge is -2.32. The molecule has 5 nitrogen and oxygen atoms in total. The lowest BCUT2D eigenvalue weighted by atomic mass is 10.1. The number of benzene rings is 2. The Labute approximate surface area is 191 Å². The number of fused-ring (bicyclic) bond motifs is 3. The number of carbonyl (C=O) groups is 1. The topological polar surface area (TPSA) is 42.0 Å². The molecule has 0 N–H and O–H groups in total. The van der Waals surface area contributed by atoms with Crippen LogP contribution in [0, 0.1) is 0 Å². The maximum Gasteiger partial charge on any atom is 0.201 e. The van der Waals surface area contributed by atoms with Crippen LogP contribution in [-0.2, 0) is 0 Å². The molecule has 3 aliphatic rings. The third kappa shape index (κ3) is 4.04. The first-order valence-corrected chi connectivity index (χ1v) is 12.3. The van der Waals surface area contributed by atoms with Crippen LogP contribution in [0.2, 0.25) is 0 Å². The van der Waals surface area contributed by atoms with Gasteiger partial charge in [-0.25, -0.2) is 0 Å². The highest BCUT2D eigenvalue weighted by atomic mass is 16.5. The average molecular weight is 435 g/mol. The Hall–Kier alpha value is -2.37. The largest absolute Gasteiger partial charge is 0.475 e. The SMILES string of the molecule is CC(Oc1cccc2c1C(=O)c1c(OC(C)N3CCCCC3)cccc1-2)N1CCCCC1. The number of rotatable bonds is 6. The van der Waals surface area contributed by atoms with E-state index in [1.165, 1.54) is 38.5 Å². The maximum atomic E-state index is 13.7. The molecule has 2 aromatic rings. The smallest absolute Gasteiger partial charge is 0.201 e. The molecule has 0 radical (unpaired) electrons. The number of likely N-dealkylation sites (tertiary alicyclic amines) is 2. The van der Waals surface area contributed by atoms with Crippen molar-refractivity contribution in [3.63, 3.8) is 0 Å². The van der Waals surface area contributed by atoms with Crippen molar-refractivity contribution in [3.05, 3.63) is 47.5 Å². The Balaban J connectivity index is 1.40.